The Morgan fingerprint density at radius 3 is 3.22 bits per heavy atom. The van der Waals surface area contributed by atoms with Crippen LogP contribution >= 0.6 is 11.3 Å². The fraction of sp³-hybridized carbons (Fsp3) is 0.333. The minimum absolute atomic E-state index is 0.0595. The Balaban J connectivity index is 1.63. The third-order valence-corrected chi connectivity index (χ3v) is 4.90. The van der Waals surface area contributed by atoms with E-state index in [-0.39, 0.29) is 11.9 Å². The Bertz CT molecular complexity index is 858. The van der Waals surface area contributed by atoms with Crippen molar-refractivity contribution in [3.63, 3.8) is 0 Å². The lowest BCUT2D eigenvalue weighted by atomic mass is 10.2. The van der Waals surface area contributed by atoms with E-state index < -0.39 is 0 Å². The summed E-state index contributed by atoms with van der Waals surface area (Å²) in [6.45, 7) is 2.60. The topological polar surface area (TPSA) is 84.2 Å². The van der Waals surface area contributed by atoms with Gasteiger partial charge in [-0.2, -0.15) is 0 Å². The number of nitrogens with zero attached hydrogens (tertiary/aromatic N) is 4. The fourth-order valence-corrected chi connectivity index (χ4v) is 3.65. The van der Waals surface area contributed by atoms with Crippen LogP contribution in [0.4, 0.5) is 11.5 Å². The number of amides is 1. The summed E-state index contributed by atoms with van der Waals surface area (Å²) in [5, 5.41) is 9.67. The van der Waals surface area contributed by atoms with Crippen molar-refractivity contribution in [2.45, 2.75) is 25.8 Å². The molecule has 0 saturated carbocycles. The van der Waals surface area contributed by atoms with E-state index in [4.69, 9.17) is 4.52 Å². The van der Waals surface area contributed by atoms with Gasteiger partial charge in [-0.25, -0.2) is 9.97 Å². The lowest BCUT2D eigenvalue weighted by Crippen LogP contribution is -2.40. The number of nitrogens with one attached hydrogen (secondary N) is 1. The Morgan fingerprint density at radius 2 is 2.39 bits per heavy atom. The third-order valence-electron chi connectivity index (χ3n) is 4.08. The van der Waals surface area contributed by atoms with Gasteiger partial charge in [0.05, 0.1) is 5.39 Å². The van der Waals surface area contributed by atoms with Gasteiger partial charge in [-0.05, 0) is 31.2 Å². The molecule has 23 heavy (non-hydrogen) atoms. The maximum absolute atomic E-state index is 12.7. The van der Waals surface area contributed by atoms with Crippen LogP contribution in [-0.2, 0) is 4.79 Å². The van der Waals surface area contributed by atoms with Crippen LogP contribution in [0.5, 0.6) is 0 Å². The van der Waals surface area contributed by atoms with E-state index in [1.807, 2.05) is 11.4 Å². The van der Waals surface area contributed by atoms with Crippen molar-refractivity contribution in [3.05, 3.63) is 29.7 Å². The highest BCUT2D eigenvalue weighted by atomic mass is 32.1. The van der Waals surface area contributed by atoms with Crippen LogP contribution in [0.15, 0.2) is 28.6 Å². The average molecular weight is 329 g/mol. The van der Waals surface area contributed by atoms with E-state index in [2.05, 4.69) is 25.3 Å². The third kappa shape index (κ3) is 2.44. The zero-order chi connectivity index (χ0) is 15.8. The van der Waals surface area contributed by atoms with Crippen LogP contribution in [0.25, 0.3) is 10.2 Å². The summed E-state index contributed by atoms with van der Waals surface area (Å²) in [7, 11) is 0. The first-order valence-electron chi connectivity index (χ1n) is 7.41. The van der Waals surface area contributed by atoms with Gasteiger partial charge < -0.3 is 14.7 Å². The minimum Gasteiger partial charge on any atom is -0.362 e. The molecule has 1 amide bonds. The molecule has 1 unspecified atom stereocenters. The van der Waals surface area contributed by atoms with Crippen LogP contribution < -0.4 is 10.2 Å². The van der Waals surface area contributed by atoms with Gasteiger partial charge >= 0.3 is 0 Å². The monoisotopic (exact) mass is 329 g/mol. The number of fused-ring (bicyclic) bond motifs is 1. The van der Waals surface area contributed by atoms with E-state index >= 15 is 0 Å². The Morgan fingerprint density at radius 1 is 1.48 bits per heavy atom. The predicted molar refractivity (Wildman–Crippen MR) is 87.7 cm³/mol. The van der Waals surface area contributed by atoms with Gasteiger partial charge in [-0.15, -0.1) is 11.3 Å². The molecule has 1 aliphatic rings. The molecule has 0 bridgehead atoms. The number of aryl methyl sites for hydroxylation is 1. The summed E-state index contributed by atoms with van der Waals surface area (Å²) in [4.78, 5) is 24.4. The summed E-state index contributed by atoms with van der Waals surface area (Å²) in [6, 6.07) is 1.76. The van der Waals surface area contributed by atoms with Crippen LogP contribution in [0, 0.1) is 6.92 Å². The molecule has 0 aliphatic carbocycles. The van der Waals surface area contributed by atoms with Crippen LogP contribution in [0.1, 0.15) is 18.5 Å². The summed E-state index contributed by atoms with van der Waals surface area (Å²) in [5.74, 6) is 0.770. The first kappa shape index (κ1) is 14.1. The molecule has 1 saturated heterocycles. The molecule has 7 nitrogen and oxygen atoms in total. The van der Waals surface area contributed by atoms with Crippen molar-refractivity contribution in [3.8, 4) is 0 Å². The SMILES string of the molecule is Cc1nocc1NC(=O)C1CCCN1c1ncnc2sccc12. The highest BCUT2D eigenvalue weighted by Crippen LogP contribution is 2.32. The molecule has 1 N–H and O–H groups in total. The average Bonchev–Trinajstić information content (AvgIpc) is 3.27. The van der Waals surface area contributed by atoms with Crippen molar-refractivity contribution in [2.75, 3.05) is 16.8 Å². The number of thiophene rings is 1. The first-order chi connectivity index (χ1) is 11.2. The van der Waals surface area contributed by atoms with E-state index in [0.29, 0.717) is 11.4 Å². The summed E-state index contributed by atoms with van der Waals surface area (Å²) >= 11 is 1.58. The molecule has 4 heterocycles. The molecular formula is C15H15N5O2S. The smallest absolute Gasteiger partial charge is 0.247 e. The fourth-order valence-electron chi connectivity index (χ4n) is 2.93. The van der Waals surface area contributed by atoms with E-state index in [9.17, 15) is 4.79 Å². The van der Waals surface area contributed by atoms with Gasteiger partial charge in [0, 0.05) is 6.54 Å². The molecule has 3 aromatic rings. The van der Waals surface area contributed by atoms with Crippen LogP contribution in [-0.4, -0.2) is 33.6 Å². The molecule has 1 aliphatic heterocycles. The number of rotatable bonds is 3. The predicted octanol–water partition coefficient (Wildman–Crippen LogP) is 2.60. The standard InChI is InChI=1S/C15H15N5O2S/c1-9-11(7-22-19-9)18-14(21)12-3-2-5-20(12)13-10-4-6-23-15(10)17-8-16-13/h4,6-8,12H,2-3,5H2,1H3,(H,18,21). The second-order valence-corrected chi connectivity index (χ2v) is 6.39. The zero-order valence-electron chi connectivity index (χ0n) is 12.5. The minimum atomic E-state index is -0.248. The second-order valence-electron chi connectivity index (χ2n) is 5.49. The number of hydrogen-bond donors (Lipinski definition) is 1. The lowest BCUT2D eigenvalue weighted by molar-refractivity contribution is -0.117. The molecule has 0 radical (unpaired) electrons. The van der Waals surface area contributed by atoms with Crippen LogP contribution in [0.2, 0.25) is 0 Å². The van der Waals surface area contributed by atoms with E-state index in [0.717, 1.165) is 35.4 Å². The molecule has 3 aromatic heterocycles. The maximum atomic E-state index is 12.7. The summed E-state index contributed by atoms with van der Waals surface area (Å²) in [5.41, 5.74) is 1.29. The molecular weight excluding hydrogens is 314 g/mol. The second kappa shape index (κ2) is 5.62. The number of anilines is 2. The Kier molecular flexibility index (Phi) is 3.45. The zero-order valence-corrected chi connectivity index (χ0v) is 13.3. The quantitative estimate of drug-likeness (QED) is 0.795. The molecule has 8 heteroatoms. The van der Waals surface area contributed by atoms with Crippen molar-refractivity contribution in [1.29, 1.82) is 0 Å². The van der Waals surface area contributed by atoms with Gasteiger partial charge in [0.15, 0.2) is 0 Å². The largest absolute Gasteiger partial charge is 0.362 e. The normalized spacial score (nSPS) is 17.8. The van der Waals surface area contributed by atoms with Crippen LogP contribution in [0.3, 0.4) is 0 Å². The van der Waals surface area contributed by atoms with Crippen molar-refractivity contribution in [1.82, 2.24) is 15.1 Å². The first-order valence-corrected chi connectivity index (χ1v) is 8.28. The van der Waals surface area contributed by atoms with E-state index in [1.165, 1.54) is 6.26 Å². The van der Waals surface area contributed by atoms with Crippen molar-refractivity contribution < 1.29 is 9.32 Å². The molecule has 1 atom stereocenters. The molecule has 118 valence electrons. The summed E-state index contributed by atoms with van der Waals surface area (Å²) < 4.78 is 4.87. The number of aromatic nitrogens is 3. The molecule has 0 aromatic carbocycles. The maximum Gasteiger partial charge on any atom is 0.247 e. The number of carbonyl (C=O) groups is 1. The summed E-state index contributed by atoms with van der Waals surface area (Å²) in [6.07, 6.45) is 4.77. The number of hydrogen-bond acceptors (Lipinski definition) is 7. The van der Waals surface area contributed by atoms with Gasteiger partial charge in [-0.3, -0.25) is 4.79 Å². The Hall–Kier alpha value is -2.48. The van der Waals surface area contributed by atoms with Gasteiger partial charge in [0.2, 0.25) is 5.91 Å². The number of carbonyl (C=O) groups excluding carboxylic acids is 1. The highest BCUT2D eigenvalue weighted by Gasteiger charge is 2.33. The Labute approximate surface area is 136 Å². The van der Waals surface area contributed by atoms with Crippen molar-refractivity contribution in [2.24, 2.45) is 0 Å². The highest BCUT2D eigenvalue weighted by molar-refractivity contribution is 7.16. The molecule has 4 rings (SSSR count). The lowest BCUT2D eigenvalue weighted by Gasteiger charge is -2.25. The van der Waals surface area contributed by atoms with Gasteiger partial charge in [0.25, 0.3) is 0 Å². The van der Waals surface area contributed by atoms with E-state index in [1.54, 1.807) is 24.6 Å². The molecule has 1 fully saturated rings. The van der Waals surface area contributed by atoms with Gasteiger partial charge in [-0.1, -0.05) is 5.16 Å². The molecule has 0 spiro atoms. The van der Waals surface area contributed by atoms with Crippen molar-refractivity contribution >= 4 is 39.0 Å². The van der Waals surface area contributed by atoms with Gasteiger partial charge in [0.1, 0.15) is 40.7 Å².